The third-order valence-electron chi connectivity index (χ3n) is 6.37. The highest BCUT2D eigenvalue weighted by Crippen LogP contribution is 2.30. The van der Waals surface area contributed by atoms with Crippen LogP contribution < -0.4 is 5.32 Å². The highest BCUT2D eigenvalue weighted by Gasteiger charge is 2.41. The predicted molar refractivity (Wildman–Crippen MR) is 115 cm³/mol. The SMILES string of the molecule is Cl.O=C(NCC1CN(C(=O)c2ccccc2)C2CCN1C2)c1ncoc1C1CCCO1. The molecule has 166 valence electrons. The van der Waals surface area contributed by atoms with Gasteiger partial charge in [-0.2, -0.15) is 0 Å². The van der Waals surface area contributed by atoms with E-state index in [4.69, 9.17) is 9.15 Å². The van der Waals surface area contributed by atoms with Crippen molar-refractivity contribution in [2.45, 2.75) is 37.5 Å². The first-order valence-corrected chi connectivity index (χ1v) is 10.6. The number of benzene rings is 1. The standard InChI is InChI=1S/C22H26N4O4.ClH/c27-21(19-20(30-14-24-19)18-7-4-10-29-18)23-11-17-13-26(16-8-9-25(17)12-16)22(28)15-5-2-1-3-6-15;/h1-3,5-6,14,16-18H,4,7-13H2,(H,23,27);1H. The van der Waals surface area contributed by atoms with Crippen LogP contribution in [0.4, 0.5) is 0 Å². The molecule has 0 aliphatic carbocycles. The minimum absolute atomic E-state index is 0. The summed E-state index contributed by atoms with van der Waals surface area (Å²) in [5, 5.41) is 3.00. The highest BCUT2D eigenvalue weighted by atomic mass is 35.5. The topological polar surface area (TPSA) is 87.9 Å². The van der Waals surface area contributed by atoms with Gasteiger partial charge in [-0.15, -0.1) is 12.4 Å². The number of halogens is 1. The van der Waals surface area contributed by atoms with E-state index in [1.807, 2.05) is 35.2 Å². The number of aromatic nitrogens is 1. The van der Waals surface area contributed by atoms with Gasteiger partial charge in [-0.25, -0.2) is 4.98 Å². The van der Waals surface area contributed by atoms with E-state index < -0.39 is 0 Å². The predicted octanol–water partition coefficient (Wildman–Crippen LogP) is 2.28. The number of carbonyl (C=O) groups excluding carboxylic acids is 2. The first kappa shape index (κ1) is 21.8. The van der Waals surface area contributed by atoms with Crippen LogP contribution in [0.1, 0.15) is 52.0 Å². The summed E-state index contributed by atoms with van der Waals surface area (Å²) in [5.74, 6) is 0.322. The lowest BCUT2D eigenvalue weighted by Gasteiger charge is -2.40. The maximum Gasteiger partial charge on any atom is 0.273 e. The van der Waals surface area contributed by atoms with Gasteiger partial charge in [0.1, 0.15) is 6.10 Å². The highest BCUT2D eigenvalue weighted by molar-refractivity contribution is 5.95. The largest absolute Gasteiger partial charge is 0.445 e. The van der Waals surface area contributed by atoms with Crippen molar-refractivity contribution < 1.29 is 18.7 Å². The molecule has 4 unspecified atom stereocenters. The maximum atomic E-state index is 13.0. The average molecular weight is 447 g/mol. The summed E-state index contributed by atoms with van der Waals surface area (Å²) in [6.07, 6.45) is 3.87. The zero-order chi connectivity index (χ0) is 20.5. The smallest absolute Gasteiger partial charge is 0.273 e. The number of hydrogen-bond donors (Lipinski definition) is 1. The third kappa shape index (κ3) is 4.33. The Hall–Kier alpha value is -2.42. The zero-order valence-electron chi connectivity index (χ0n) is 17.2. The van der Waals surface area contributed by atoms with Crippen LogP contribution in [-0.4, -0.2) is 71.5 Å². The van der Waals surface area contributed by atoms with Crippen molar-refractivity contribution in [2.75, 3.05) is 32.8 Å². The molecule has 3 fully saturated rings. The lowest BCUT2D eigenvalue weighted by atomic mass is 10.1. The van der Waals surface area contributed by atoms with E-state index in [1.54, 1.807) is 0 Å². The van der Waals surface area contributed by atoms with Crippen molar-refractivity contribution >= 4 is 24.2 Å². The molecule has 3 aliphatic rings. The molecule has 0 spiro atoms. The van der Waals surface area contributed by atoms with Crippen molar-refractivity contribution in [1.29, 1.82) is 0 Å². The van der Waals surface area contributed by atoms with Gasteiger partial charge in [0.2, 0.25) is 0 Å². The first-order valence-electron chi connectivity index (χ1n) is 10.6. The quantitative estimate of drug-likeness (QED) is 0.758. The van der Waals surface area contributed by atoms with Crippen LogP contribution in [0, 0.1) is 0 Å². The molecule has 3 aliphatic heterocycles. The lowest BCUT2D eigenvalue weighted by Crippen LogP contribution is -2.57. The van der Waals surface area contributed by atoms with Crippen molar-refractivity contribution in [3.8, 4) is 0 Å². The van der Waals surface area contributed by atoms with E-state index in [1.165, 1.54) is 6.39 Å². The van der Waals surface area contributed by atoms with Crippen molar-refractivity contribution in [3.63, 3.8) is 0 Å². The summed E-state index contributed by atoms with van der Waals surface area (Å²) in [5.41, 5.74) is 1.01. The number of nitrogens with one attached hydrogen (secondary N) is 1. The Bertz CT molecular complexity index is 915. The van der Waals surface area contributed by atoms with Crippen molar-refractivity contribution in [3.05, 3.63) is 53.7 Å². The van der Waals surface area contributed by atoms with E-state index in [0.717, 1.165) is 32.4 Å². The summed E-state index contributed by atoms with van der Waals surface area (Å²) >= 11 is 0. The van der Waals surface area contributed by atoms with E-state index in [0.29, 0.717) is 36.7 Å². The summed E-state index contributed by atoms with van der Waals surface area (Å²) in [4.78, 5) is 34.3. The number of hydrogen-bond acceptors (Lipinski definition) is 6. The van der Waals surface area contributed by atoms with Gasteiger partial charge in [0.25, 0.3) is 11.8 Å². The summed E-state index contributed by atoms with van der Waals surface area (Å²) in [6, 6.07) is 9.73. The average Bonchev–Trinajstić information content (AvgIpc) is 3.54. The fourth-order valence-electron chi connectivity index (χ4n) is 4.77. The molecule has 1 aromatic heterocycles. The molecule has 8 nitrogen and oxygen atoms in total. The van der Waals surface area contributed by atoms with E-state index >= 15 is 0 Å². The van der Waals surface area contributed by atoms with Gasteiger partial charge in [0.05, 0.1) is 0 Å². The Labute approximate surface area is 187 Å². The van der Waals surface area contributed by atoms with Crippen LogP contribution in [0.2, 0.25) is 0 Å². The molecule has 2 amide bonds. The number of piperazine rings is 1. The molecule has 4 heterocycles. The number of carbonyl (C=O) groups is 2. The Morgan fingerprint density at radius 3 is 2.77 bits per heavy atom. The van der Waals surface area contributed by atoms with E-state index in [9.17, 15) is 9.59 Å². The van der Waals surface area contributed by atoms with Gasteiger partial charge in [-0.05, 0) is 31.4 Å². The van der Waals surface area contributed by atoms with Crippen LogP contribution in [-0.2, 0) is 4.74 Å². The second-order valence-corrected chi connectivity index (χ2v) is 8.19. The number of oxazole rings is 1. The van der Waals surface area contributed by atoms with E-state index in [-0.39, 0.29) is 42.4 Å². The number of rotatable bonds is 5. The molecule has 31 heavy (non-hydrogen) atoms. The lowest BCUT2D eigenvalue weighted by molar-refractivity contribution is 0.0492. The van der Waals surface area contributed by atoms with Gasteiger partial charge in [0, 0.05) is 50.4 Å². The Kier molecular flexibility index (Phi) is 6.60. The second-order valence-electron chi connectivity index (χ2n) is 8.19. The van der Waals surface area contributed by atoms with Crippen LogP contribution in [0.25, 0.3) is 0 Å². The number of ether oxygens (including phenoxy) is 1. The normalized spacial score (nSPS) is 27.0. The summed E-state index contributed by atoms with van der Waals surface area (Å²) in [7, 11) is 0. The minimum atomic E-state index is -0.253. The molecule has 0 radical (unpaired) electrons. The molecule has 9 heteroatoms. The van der Waals surface area contributed by atoms with Gasteiger partial charge in [0.15, 0.2) is 17.8 Å². The third-order valence-corrected chi connectivity index (χ3v) is 6.37. The van der Waals surface area contributed by atoms with E-state index in [2.05, 4.69) is 15.2 Å². The van der Waals surface area contributed by atoms with Crippen molar-refractivity contribution in [2.24, 2.45) is 0 Å². The minimum Gasteiger partial charge on any atom is -0.445 e. The van der Waals surface area contributed by atoms with Gasteiger partial charge in [-0.1, -0.05) is 18.2 Å². The molecule has 2 bridgehead atoms. The second kappa shape index (κ2) is 9.38. The number of fused-ring (bicyclic) bond motifs is 2. The van der Waals surface area contributed by atoms with Gasteiger partial charge in [-0.3, -0.25) is 14.5 Å². The van der Waals surface area contributed by atoms with Crippen LogP contribution in [0.5, 0.6) is 0 Å². The fourth-order valence-corrected chi connectivity index (χ4v) is 4.77. The molecule has 2 aromatic rings. The first-order chi connectivity index (χ1) is 14.7. The molecular formula is C22H27ClN4O4. The Balaban J connectivity index is 0.00000231. The van der Waals surface area contributed by atoms with Gasteiger partial charge < -0.3 is 19.4 Å². The molecule has 5 rings (SSSR count). The molecule has 0 saturated carbocycles. The summed E-state index contributed by atoms with van der Waals surface area (Å²) < 4.78 is 11.1. The number of nitrogens with zero attached hydrogens (tertiary/aromatic N) is 3. The maximum absolute atomic E-state index is 13.0. The Morgan fingerprint density at radius 2 is 2.00 bits per heavy atom. The molecule has 1 aromatic carbocycles. The number of amides is 2. The monoisotopic (exact) mass is 446 g/mol. The Morgan fingerprint density at radius 1 is 1.16 bits per heavy atom. The zero-order valence-corrected chi connectivity index (χ0v) is 18.1. The van der Waals surface area contributed by atoms with Crippen LogP contribution in [0.3, 0.4) is 0 Å². The molecule has 1 N–H and O–H groups in total. The van der Waals surface area contributed by atoms with Crippen LogP contribution in [0.15, 0.2) is 41.1 Å². The van der Waals surface area contributed by atoms with Gasteiger partial charge >= 0.3 is 0 Å². The fraction of sp³-hybridized carbons (Fsp3) is 0.500. The molecule has 3 saturated heterocycles. The summed E-state index contributed by atoms with van der Waals surface area (Å²) in [6.45, 7) is 3.53. The van der Waals surface area contributed by atoms with Crippen molar-refractivity contribution in [1.82, 2.24) is 20.1 Å². The molecule has 4 atom stereocenters. The van der Waals surface area contributed by atoms with Crippen LogP contribution >= 0.6 is 12.4 Å². The molecular weight excluding hydrogens is 420 g/mol.